The highest BCUT2D eigenvalue weighted by atomic mass is 16.1. The molecule has 0 atom stereocenters. The molecular formula is C21H18N4O. The van der Waals surface area contributed by atoms with E-state index in [2.05, 4.69) is 22.4 Å². The van der Waals surface area contributed by atoms with Crippen LogP contribution < -0.4 is 5.32 Å². The van der Waals surface area contributed by atoms with Gasteiger partial charge in [0.05, 0.1) is 5.69 Å². The van der Waals surface area contributed by atoms with E-state index < -0.39 is 0 Å². The van der Waals surface area contributed by atoms with Crippen LogP contribution in [0.25, 0.3) is 16.7 Å². The third-order valence-electron chi connectivity index (χ3n) is 4.25. The first kappa shape index (κ1) is 16.0. The number of amides is 1. The molecule has 0 unspecified atom stereocenters. The summed E-state index contributed by atoms with van der Waals surface area (Å²) >= 11 is 0. The Morgan fingerprint density at radius 1 is 0.923 bits per heavy atom. The van der Waals surface area contributed by atoms with E-state index >= 15 is 0 Å². The number of nitrogens with one attached hydrogen (secondary N) is 1. The zero-order chi connectivity index (χ0) is 17.9. The smallest absolute Gasteiger partial charge is 0.255 e. The average Bonchev–Trinajstić information content (AvgIpc) is 3.12. The van der Waals surface area contributed by atoms with Gasteiger partial charge in [-0.3, -0.25) is 4.79 Å². The molecule has 5 heteroatoms. The number of nitrogens with zero attached hydrogens (tertiary/aromatic N) is 3. The topological polar surface area (TPSA) is 59.8 Å². The van der Waals surface area contributed by atoms with E-state index in [-0.39, 0.29) is 5.91 Å². The van der Waals surface area contributed by atoms with Crippen molar-refractivity contribution in [3.63, 3.8) is 0 Å². The maximum absolute atomic E-state index is 12.4. The van der Waals surface area contributed by atoms with Crippen molar-refractivity contribution in [3.05, 3.63) is 83.9 Å². The van der Waals surface area contributed by atoms with Crippen molar-refractivity contribution in [2.24, 2.45) is 0 Å². The van der Waals surface area contributed by atoms with Crippen molar-refractivity contribution in [1.29, 1.82) is 0 Å². The summed E-state index contributed by atoms with van der Waals surface area (Å²) in [4.78, 5) is 14.0. The van der Waals surface area contributed by atoms with Crippen LogP contribution in [-0.4, -0.2) is 20.9 Å². The maximum Gasteiger partial charge on any atom is 0.255 e. The summed E-state index contributed by atoms with van der Waals surface area (Å²) in [6.07, 6.45) is 0.954. The molecule has 26 heavy (non-hydrogen) atoms. The molecule has 0 saturated carbocycles. The fraction of sp³-hybridized carbons (Fsp3) is 0.0952. The van der Waals surface area contributed by atoms with Gasteiger partial charge in [0.15, 0.2) is 0 Å². The van der Waals surface area contributed by atoms with E-state index in [4.69, 9.17) is 0 Å². The maximum atomic E-state index is 12.4. The van der Waals surface area contributed by atoms with Gasteiger partial charge in [-0.15, -0.1) is 10.2 Å². The highest BCUT2D eigenvalue weighted by Crippen LogP contribution is 2.18. The van der Waals surface area contributed by atoms with Gasteiger partial charge in [0.2, 0.25) is 0 Å². The van der Waals surface area contributed by atoms with Crippen LogP contribution in [0.15, 0.2) is 72.8 Å². The normalized spacial score (nSPS) is 10.8. The number of fused-ring (bicyclic) bond motifs is 1. The minimum atomic E-state index is -0.137. The lowest BCUT2D eigenvalue weighted by molar-refractivity contribution is 0.102. The van der Waals surface area contributed by atoms with Crippen molar-refractivity contribution in [2.75, 3.05) is 5.32 Å². The Balaban J connectivity index is 1.58. The molecule has 3 aromatic carbocycles. The second-order valence-electron chi connectivity index (χ2n) is 6.03. The molecule has 0 aliphatic carbocycles. The van der Waals surface area contributed by atoms with Crippen LogP contribution in [0.1, 0.15) is 22.8 Å². The number of rotatable bonds is 4. The van der Waals surface area contributed by atoms with E-state index in [1.807, 2.05) is 72.8 Å². The van der Waals surface area contributed by atoms with Gasteiger partial charge in [0.25, 0.3) is 5.91 Å². The summed E-state index contributed by atoms with van der Waals surface area (Å²) in [6, 6.07) is 22.9. The second-order valence-corrected chi connectivity index (χ2v) is 6.03. The zero-order valence-electron chi connectivity index (χ0n) is 14.4. The van der Waals surface area contributed by atoms with Gasteiger partial charge in [0.1, 0.15) is 11.0 Å². The molecule has 1 N–H and O–H groups in total. The third kappa shape index (κ3) is 3.19. The van der Waals surface area contributed by atoms with Crippen LogP contribution >= 0.6 is 0 Å². The van der Waals surface area contributed by atoms with Gasteiger partial charge in [-0.2, -0.15) is 4.80 Å². The van der Waals surface area contributed by atoms with E-state index in [1.165, 1.54) is 5.56 Å². The number of anilines is 1. The molecular weight excluding hydrogens is 324 g/mol. The highest BCUT2D eigenvalue weighted by molar-refractivity contribution is 6.04. The number of hydrogen-bond acceptors (Lipinski definition) is 3. The average molecular weight is 342 g/mol. The monoisotopic (exact) mass is 342 g/mol. The third-order valence-corrected chi connectivity index (χ3v) is 4.25. The number of aromatic nitrogens is 3. The molecule has 1 amide bonds. The van der Waals surface area contributed by atoms with Gasteiger partial charge >= 0.3 is 0 Å². The van der Waals surface area contributed by atoms with Gasteiger partial charge in [-0.05, 0) is 54.4 Å². The SMILES string of the molecule is CCc1ccc(C(=O)Nc2ccc3nn(-c4ccccc4)nc3c2)cc1. The molecule has 128 valence electrons. The fourth-order valence-electron chi connectivity index (χ4n) is 2.76. The molecule has 0 fully saturated rings. The Hall–Kier alpha value is -3.47. The van der Waals surface area contributed by atoms with Crippen LogP contribution in [0.4, 0.5) is 5.69 Å². The summed E-state index contributed by atoms with van der Waals surface area (Å²) < 4.78 is 0. The summed E-state index contributed by atoms with van der Waals surface area (Å²) in [5.41, 5.74) is 4.94. The lowest BCUT2D eigenvalue weighted by atomic mass is 10.1. The van der Waals surface area contributed by atoms with Crippen LogP contribution in [0.5, 0.6) is 0 Å². The molecule has 0 bridgehead atoms. The quantitative estimate of drug-likeness (QED) is 0.603. The molecule has 4 rings (SSSR count). The lowest BCUT2D eigenvalue weighted by Crippen LogP contribution is -2.11. The first-order valence-electron chi connectivity index (χ1n) is 8.56. The Labute approximate surface area is 151 Å². The summed E-state index contributed by atoms with van der Waals surface area (Å²) in [5.74, 6) is -0.137. The first-order valence-corrected chi connectivity index (χ1v) is 8.56. The largest absolute Gasteiger partial charge is 0.322 e. The summed E-state index contributed by atoms with van der Waals surface area (Å²) in [6.45, 7) is 2.09. The van der Waals surface area contributed by atoms with Crippen molar-refractivity contribution in [2.45, 2.75) is 13.3 Å². The predicted octanol–water partition coefficient (Wildman–Crippen LogP) is 4.24. The van der Waals surface area contributed by atoms with E-state index in [0.717, 1.165) is 23.1 Å². The van der Waals surface area contributed by atoms with Crippen molar-refractivity contribution >= 4 is 22.6 Å². The molecule has 1 aromatic heterocycles. The van der Waals surface area contributed by atoms with Crippen LogP contribution in [0, 0.1) is 0 Å². The Bertz CT molecular complexity index is 1050. The zero-order valence-corrected chi connectivity index (χ0v) is 14.4. The minimum absolute atomic E-state index is 0.137. The first-order chi connectivity index (χ1) is 12.7. The number of hydrogen-bond donors (Lipinski definition) is 1. The molecule has 0 aliphatic rings. The highest BCUT2D eigenvalue weighted by Gasteiger charge is 2.09. The number of para-hydroxylation sites is 1. The minimum Gasteiger partial charge on any atom is -0.322 e. The summed E-state index contributed by atoms with van der Waals surface area (Å²) in [5, 5.41) is 11.9. The number of carbonyl (C=O) groups is 1. The lowest BCUT2D eigenvalue weighted by Gasteiger charge is -2.05. The Kier molecular flexibility index (Phi) is 4.19. The number of aryl methyl sites for hydroxylation is 1. The fourth-order valence-corrected chi connectivity index (χ4v) is 2.76. The number of benzene rings is 3. The molecule has 0 saturated heterocycles. The standard InChI is InChI=1S/C21H18N4O/c1-2-15-8-10-16(11-9-15)21(26)22-17-12-13-19-20(14-17)24-25(23-19)18-6-4-3-5-7-18/h3-14H,2H2,1H3,(H,22,26). The molecule has 0 aliphatic heterocycles. The second kappa shape index (κ2) is 6.80. The van der Waals surface area contributed by atoms with Gasteiger partial charge in [-0.25, -0.2) is 0 Å². The van der Waals surface area contributed by atoms with E-state index in [1.54, 1.807) is 4.80 Å². The summed E-state index contributed by atoms with van der Waals surface area (Å²) in [7, 11) is 0. The molecule has 4 aromatic rings. The Morgan fingerprint density at radius 3 is 2.38 bits per heavy atom. The van der Waals surface area contributed by atoms with Crippen LogP contribution in [-0.2, 0) is 6.42 Å². The van der Waals surface area contributed by atoms with Crippen molar-refractivity contribution in [1.82, 2.24) is 15.0 Å². The van der Waals surface area contributed by atoms with E-state index in [0.29, 0.717) is 11.3 Å². The molecule has 5 nitrogen and oxygen atoms in total. The van der Waals surface area contributed by atoms with Crippen molar-refractivity contribution in [3.8, 4) is 5.69 Å². The Morgan fingerprint density at radius 2 is 1.65 bits per heavy atom. The number of carbonyl (C=O) groups excluding carboxylic acids is 1. The van der Waals surface area contributed by atoms with Gasteiger partial charge < -0.3 is 5.32 Å². The molecule has 0 radical (unpaired) electrons. The van der Waals surface area contributed by atoms with Gasteiger partial charge in [0, 0.05) is 11.3 Å². The molecule has 1 heterocycles. The predicted molar refractivity (Wildman–Crippen MR) is 103 cm³/mol. The van der Waals surface area contributed by atoms with Crippen molar-refractivity contribution < 1.29 is 4.79 Å². The van der Waals surface area contributed by atoms with E-state index in [9.17, 15) is 4.79 Å². The van der Waals surface area contributed by atoms with Crippen LogP contribution in [0.3, 0.4) is 0 Å². The van der Waals surface area contributed by atoms with Crippen LogP contribution in [0.2, 0.25) is 0 Å². The molecule has 0 spiro atoms. The van der Waals surface area contributed by atoms with Gasteiger partial charge in [-0.1, -0.05) is 37.3 Å².